The second-order valence-corrected chi connectivity index (χ2v) is 17.5. The van der Waals surface area contributed by atoms with Gasteiger partial charge in [-0.1, -0.05) is 182 Å². The van der Waals surface area contributed by atoms with E-state index in [0.29, 0.717) is 0 Å². The molecule has 0 amide bonds. The molecule has 0 aromatic heterocycles. The van der Waals surface area contributed by atoms with Gasteiger partial charge in [0.2, 0.25) is 0 Å². The van der Waals surface area contributed by atoms with Crippen molar-refractivity contribution in [1.29, 1.82) is 0 Å². The number of hydrogen-bond acceptors (Lipinski definition) is 0. The molecule has 0 aliphatic rings. The van der Waals surface area contributed by atoms with Crippen LogP contribution in [-0.4, -0.2) is 0 Å². The van der Waals surface area contributed by atoms with Crippen LogP contribution >= 0.6 is 0 Å². The Balaban J connectivity index is 5.71. The summed E-state index contributed by atoms with van der Waals surface area (Å²) in [5, 5.41) is 0. The Morgan fingerprint density at radius 1 is 0.306 bits per heavy atom. The Hall–Kier alpha value is 0. The molecule has 0 aliphatic heterocycles. The van der Waals surface area contributed by atoms with Crippen molar-refractivity contribution < 1.29 is 0 Å². The first kappa shape index (κ1) is 36.0. The quantitative estimate of drug-likeness (QED) is 0.182. The summed E-state index contributed by atoms with van der Waals surface area (Å²) in [5.74, 6) is 0. The van der Waals surface area contributed by atoms with Gasteiger partial charge in [0.25, 0.3) is 0 Å². The lowest BCUT2D eigenvalue weighted by molar-refractivity contribution is -0.210. The third kappa shape index (κ3) is 6.58. The minimum Gasteiger partial charge on any atom is -0.0654 e. The minimum absolute atomic E-state index is 0.130. The average molecular weight is 507 g/mol. The van der Waals surface area contributed by atoms with Gasteiger partial charge in [0.1, 0.15) is 0 Å². The van der Waals surface area contributed by atoms with Gasteiger partial charge in [-0.05, 0) is 49.7 Å². The second-order valence-electron chi connectivity index (χ2n) is 17.5. The molecule has 0 fully saturated rings. The fraction of sp³-hybridized carbons (Fsp3) is 1.00. The monoisotopic (exact) mass is 507 g/mol. The number of unbranched alkanes of at least 4 members (excludes halogenated alkanes) is 8. The van der Waals surface area contributed by atoms with E-state index in [4.69, 9.17) is 0 Å². The molecule has 0 saturated carbocycles. The lowest BCUT2D eigenvalue weighted by Gasteiger charge is -2.69. The highest BCUT2D eigenvalue weighted by Gasteiger charge is 2.64. The highest BCUT2D eigenvalue weighted by Crippen LogP contribution is 2.71. The molecule has 0 rings (SSSR count). The molecule has 0 radical (unpaired) electrons. The second kappa shape index (κ2) is 12.0. The molecule has 0 aromatic rings. The number of hydrogen-bond donors (Lipinski definition) is 0. The van der Waals surface area contributed by atoms with Gasteiger partial charge in [-0.25, -0.2) is 0 Å². The van der Waals surface area contributed by atoms with Crippen LogP contribution in [0.2, 0.25) is 0 Å². The number of rotatable bonds is 16. The maximum atomic E-state index is 2.59. The lowest BCUT2D eigenvalue weighted by Crippen LogP contribution is -2.63. The first-order chi connectivity index (χ1) is 15.8. The van der Waals surface area contributed by atoms with E-state index < -0.39 is 0 Å². The van der Waals surface area contributed by atoms with E-state index in [0.717, 1.165) is 0 Å². The Labute approximate surface area is 232 Å². The van der Waals surface area contributed by atoms with Gasteiger partial charge in [0.15, 0.2) is 0 Å². The predicted octanol–water partition coefficient (Wildman–Crippen LogP) is 13.1. The zero-order chi connectivity index (χ0) is 29.1. The van der Waals surface area contributed by atoms with E-state index in [1.54, 1.807) is 0 Å². The molecule has 0 bridgehead atoms. The maximum absolute atomic E-state index is 2.59. The van der Waals surface area contributed by atoms with Gasteiger partial charge in [-0.2, -0.15) is 0 Å². The molecule has 218 valence electrons. The highest BCUT2D eigenvalue weighted by atomic mass is 14.7. The molecule has 0 unspecified atom stereocenters. The zero-order valence-electron chi connectivity index (χ0n) is 29.1. The van der Waals surface area contributed by atoms with Crippen molar-refractivity contribution in [1.82, 2.24) is 0 Å². The molecule has 0 N–H and O–H groups in total. The normalized spacial score (nSPS) is 15.5. The third-order valence-electron chi connectivity index (χ3n) is 14.3. The van der Waals surface area contributed by atoms with Crippen molar-refractivity contribution in [3.8, 4) is 0 Å². The highest BCUT2D eigenvalue weighted by molar-refractivity contribution is 5.13. The molecular formula is C36H74. The Morgan fingerprint density at radius 2 is 0.583 bits per heavy atom. The fourth-order valence-electron chi connectivity index (χ4n) is 7.10. The van der Waals surface area contributed by atoms with E-state index in [1.165, 1.54) is 64.2 Å². The summed E-state index contributed by atoms with van der Waals surface area (Å²) in [7, 11) is 0. The Kier molecular flexibility index (Phi) is 12.0. The van der Waals surface area contributed by atoms with Gasteiger partial charge in [-0.3, -0.25) is 0 Å². The summed E-state index contributed by atoms with van der Waals surface area (Å²) in [6, 6.07) is 0. The van der Waals surface area contributed by atoms with Crippen LogP contribution in [0.1, 0.15) is 189 Å². The van der Waals surface area contributed by atoms with Crippen LogP contribution in [0.4, 0.5) is 0 Å². The summed E-state index contributed by atoms with van der Waals surface area (Å²) < 4.78 is 0. The first-order valence-electron chi connectivity index (χ1n) is 15.8. The third-order valence-corrected chi connectivity index (χ3v) is 14.3. The van der Waals surface area contributed by atoms with Crippen molar-refractivity contribution in [2.45, 2.75) is 189 Å². The van der Waals surface area contributed by atoms with E-state index in [-0.39, 0.29) is 43.3 Å². The summed E-state index contributed by atoms with van der Waals surface area (Å²) in [6.45, 7) is 45.5. The molecule has 0 spiro atoms. The molecule has 0 aliphatic carbocycles. The van der Waals surface area contributed by atoms with Crippen molar-refractivity contribution in [2.75, 3.05) is 0 Å². The van der Waals surface area contributed by atoms with Crippen molar-refractivity contribution in [2.24, 2.45) is 43.3 Å². The van der Waals surface area contributed by atoms with Crippen LogP contribution in [0.15, 0.2) is 0 Å². The summed E-state index contributed by atoms with van der Waals surface area (Å²) in [6.07, 6.45) is 14.0. The predicted molar refractivity (Wildman–Crippen MR) is 168 cm³/mol. The summed E-state index contributed by atoms with van der Waals surface area (Å²) in [4.78, 5) is 0. The van der Waals surface area contributed by atoms with Crippen molar-refractivity contribution in [3.63, 3.8) is 0 Å². The molecule has 0 heteroatoms. The maximum Gasteiger partial charge on any atom is -0.0241 e. The molecule has 0 nitrogen and oxygen atoms in total. The minimum atomic E-state index is 0.130. The van der Waals surface area contributed by atoms with Crippen LogP contribution in [0.5, 0.6) is 0 Å². The van der Waals surface area contributed by atoms with Gasteiger partial charge in [-0.15, -0.1) is 0 Å². The van der Waals surface area contributed by atoms with Gasteiger partial charge < -0.3 is 0 Å². The van der Waals surface area contributed by atoms with E-state index in [9.17, 15) is 0 Å². The topological polar surface area (TPSA) is 0 Å². The molecule has 0 atom stereocenters. The lowest BCUT2D eigenvalue weighted by atomic mass is 9.35. The zero-order valence-corrected chi connectivity index (χ0v) is 29.1. The van der Waals surface area contributed by atoms with Crippen molar-refractivity contribution in [3.05, 3.63) is 0 Å². The van der Waals surface area contributed by atoms with Crippen LogP contribution in [-0.2, 0) is 0 Å². The first-order valence-corrected chi connectivity index (χ1v) is 15.8. The average Bonchev–Trinajstić information content (AvgIpc) is 2.70. The van der Waals surface area contributed by atoms with Crippen LogP contribution in [0.3, 0.4) is 0 Å². The SMILES string of the molecule is CCCCCCCCCCCC(C)(C)C(C)(C)C(C)(C)C(C)(C)C(C)(C)C(C)(C)C(C)(C)C(C)(C)C. The smallest absolute Gasteiger partial charge is 0.0241 e. The largest absolute Gasteiger partial charge is 0.0654 e. The van der Waals surface area contributed by atoms with E-state index in [2.05, 4.69) is 125 Å². The standard InChI is InChI=1S/C36H74/c1-19-20-21-22-23-24-25-26-27-28-30(5,6)32(9,10)34(13,14)36(17,18)35(15,16)33(11,12)31(7,8)29(2,3)4/h19-28H2,1-18H3. The van der Waals surface area contributed by atoms with Gasteiger partial charge >= 0.3 is 0 Å². The van der Waals surface area contributed by atoms with E-state index in [1.807, 2.05) is 0 Å². The van der Waals surface area contributed by atoms with Gasteiger partial charge in [0, 0.05) is 0 Å². The molecule has 0 saturated heterocycles. The van der Waals surface area contributed by atoms with Crippen LogP contribution in [0.25, 0.3) is 0 Å². The molecule has 0 aromatic carbocycles. The van der Waals surface area contributed by atoms with E-state index >= 15 is 0 Å². The summed E-state index contributed by atoms with van der Waals surface area (Å²) >= 11 is 0. The van der Waals surface area contributed by atoms with Crippen molar-refractivity contribution >= 4 is 0 Å². The van der Waals surface area contributed by atoms with Crippen LogP contribution in [0, 0.1) is 43.3 Å². The molecular weight excluding hydrogens is 432 g/mol. The van der Waals surface area contributed by atoms with Gasteiger partial charge in [0.05, 0.1) is 0 Å². The van der Waals surface area contributed by atoms with Crippen LogP contribution < -0.4 is 0 Å². The molecule has 36 heavy (non-hydrogen) atoms. The molecule has 0 heterocycles. The Bertz CT molecular complexity index is 642. The fourth-order valence-corrected chi connectivity index (χ4v) is 7.10. The Morgan fingerprint density at radius 3 is 0.917 bits per heavy atom. The summed E-state index contributed by atoms with van der Waals surface area (Å²) in [5.41, 5.74) is 1.47.